The average molecular weight is 337 g/mol. The molecule has 1 aliphatic rings. The minimum Gasteiger partial charge on any atom is -0.490 e. The van der Waals surface area contributed by atoms with Crippen LogP contribution in [0.3, 0.4) is 0 Å². The molecular weight excluding hydrogens is 314 g/mol. The van der Waals surface area contributed by atoms with Crippen molar-refractivity contribution in [1.29, 1.82) is 0 Å². The summed E-state index contributed by atoms with van der Waals surface area (Å²) in [4.78, 5) is 24.2. The molecule has 1 fully saturated rings. The molecule has 1 N–H and O–H groups in total. The van der Waals surface area contributed by atoms with Gasteiger partial charge >= 0.3 is 11.8 Å². The van der Waals surface area contributed by atoms with Crippen molar-refractivity contribution in [3.8, 4) is 5.75 Å². The van der Waals surface area contributed by atoms with Crippen molar-refractivity contribution in [2.24, 2.45) is 0 Å². The van der Waals surface area contributed by atoms with Crippen LogP contribution in [-0.2, 0) is 4.74 Å². The number of rotatable bonds is 4. The molecule has 1 saturated heterocycles. The maximum atomic E-state index is 12.1. The lowest BCUT2D eigenvalue weighted by molar-refractivity contribution is -0.385. The van der Waals surface area contributed by atoms with Gasteiger partial charge in [0.2, 0.25) is 0 Å². The van der Waals surface area contributed by atoms with E-state index in [1.807, 2.05) is 20.8 Å². The predicted octanol–water partition coefficient (Wildman–Crippen LogP) is 3.02. The highest BCUT2D eigenvalue weighted by Gasteiger charge is 2.30. The van der Waals surface area contributed by atoms with Gasteiger partial charge in [0.1, 0.15) is 5.60 Å². The van der Waals surface area contributed by atoms with Crippen LogP contribution in [0.4, 0.5) is 16.2 Å². The van der Waals surface area contributed by atoms with Crippen LogP contribution in [-0.4, -0.2) is 47.8 Å². The molecule has 0 aliphatic carbocycles. The number of nitro benzene ring substituents is 1. The van der Waals surface area contributed by atoms with Crippen LogP contribution >= 0.6 is 0 Å². The van der Waals surface area contributed by atoms with Crippen LogP contribution in [0.2, 0.25) is 0 Å². The molecule has 0 spiro atoms. The summed E-state index contributed by atoms with van der Waals surface area (Å²) in [6.07, 6.45) is 0.450. The van der Waals surface area contributed by atoms with Crippen molar-refractivity contribution < 1.29 is 19.2 Å². The van der Waals surface area contributed by atoms with Gasteiger partial charge in [-0.3, -0.25) is 10.1 Å². The molecule has 1 amide bonds. The highest BCUT2D eigenvalue weighted by molar-refractivity contribution is 5.69. The number of hydrogen-bond donors (Lipinski definition) is 1. The van der Waals surface area contributed by atoms with Gasteiger partial charge in [-0.1, -0.05) is 0 Å². The van der Waals surface area contributed by atoms with Gasteiger partial charge in [0, 0.05) is 37.0 Å². The summed E-state index contributed by atoms with van der Waals surface area (Å²) < 4.78 is 10.4. The maximum absolute atomic E-state index is 12.1. The van der Waals surface area contributed by atoms with Crippen molar-refractivity contribution in [3.63, 3.8) is 0 Å². The summed E-state index contributed by atoms with van der Waals surface area (Å²) in [5, 5.41) is 14.2. The molecule has 8 nitrogen and oxygen atoms in total. The number of nitrogens with one attached hydrogen (secondary N) is 1. The van der Waals surface area contributed by atoms with E-state index in [2.05, 4.69) is 5.32 Å². The number of ether oxygens (including phenoxy) is 2. The first-order valence-electron chi connectivity index (χ1n) is 7.76. The number of anilines is 1. The number of hydrogen-bond acceptors (Lipinski definition) is 6. The largest absolute Gasteiger partial charge is 0.490 e. The molecule has 8 heteroatoms. The van der Waals surface area contributed by atoms with E-state index >= 15 is 0 Å². The molecule has 0 unspecified atom stereocenters. The highest BCUT2D eigenvalue weighted by Crippen LogP contribution is 2.30. The van der Waals surface area contributed by atoms with Crippen LogP contribution in [0.1, 0.15) is 27.2 Å². The lowest BCUT2D eigenvalue weighted by Crippen LogP contribution is -2.36. The first kappa shape index (κ1) is 17.8. The Labute approximate surface area is 140 Å². The standard InChI is InChI=1S/C16H23N3O5/c1-16(2,3)24-15(20)18-8-7-12(10-18)17-11-5-6-13(19(21)22)14(9-11)23-4/h5-6,9,12,17H,7-8,10H2,1-4H3/t12-/m0/s1. The van der Waals surface area contributed by atoms with Gasteiger partial charge in [0.05, 0.1) is 12.0 Å². The number of likely N-dealkylation sites (tertiary alicyclic amines) is 1. The number of carbonyl (C=O) groups excluding carboxylic acids is 1. The molecule has 0 aromatic heterocycles. The first-order chi connectivity index (χ1) is 11.2. The van der Waals surface area contributed by atoms with Gasteiger partial charge < -0.3 is 19.7 Å². The third-order valence-electron chi connectivity index (χ3n) is 3.59. The molecular formula is C16H23N3O5. The Kier molecular flexibility index (Phi) is 5.16. The topological polar surface area (TPSA) is 93.9 Å². The summed E-state index contributed by atoms with van der Waals surface area (Å²) in [6, 6.07) is 4.69. The third-order valence-corrected chi connectivity index (χ3v) is 3.59. The van der Waals surface area contributed by atoms with E-state index in [4.69, 9.17) is 9.47 Å². The predicted molar refractivity (Wildman–Crippen MR) is 89.5 cm³/mol. The fraction of sp³-hybridized carbons (Fsp3) is 0.562. The molecule has 1 atom stereocenters. The molecule has 1 aliphatic heterocycles. The minimum atomic E-state index is -0.520. The lowest BCUT2D eigenvalue weighted by atomic mass is 10.2. The van der Waals surface area contributed by atoms with Crippen LogP contribution in [0.5, 0.6) is 5.75 Å². The van der Waals surface area contributed by atoms with E-state index in [0.29, 0.717) is 18.8 Å². The third kappa shape index (κ3) is 4.50. The summed E-state index contributed by atoms with van der Waals surface area (Å²) in [7, 11) is 1.39. The molecule has 0 bridgehead atoms. The van der Waals surface area contributed by atoms with E-state index in [-0.39, 0.29) is 23.6 Å². The zero-order chi connectivity index (χ0) is 17.9. The summed E-state index contributed by atoms with van der Waals surface area (Å²) in [6.45, 7) is 6.63. The van der Waals surface area contributed by atoms with Gasteiger partial charge in [0.25, 0.3) is 0 Å². The zero-order valence-corrected chi connectivity index (χ0v) is 14.4. The van der Waals surface area contributed by atoms with Crippen molar-refractivity contribution in [3.05, 3.63) is 28.3 Å². The zero-order valence-electron chi connectivity index (χ0n) is 14.4. The molecule has 24 heavy (non-hydrogen) atoms. The first-order valence-corrected chi connectivity index (χ1v) is 7.76. The molecule has 2 rings (SSSR count). The fourth-order valence-corrected chi connectivity index (χ4v) is 2.52. The summed E-state index contributed by atoms with van der Waals surface area (Å²) in [5.41, 5.74) is 0.118. The van der Waals surface area contributed by atoms with Crippen molar-refractivity contribution in [2.75, 3.05) is 25.5 Å². The van der Waals surface area contributed by atoms with Crippen LogP contribution in [0, 0.1) is 10.1 Å². The SMILES string of the molecule is COc1cc(N[C@H]2CCN(C(=O)OC(C)(C)C)C2)ccc1[N+](=O)[O-]. The Hall–Kier alpha value is -2.51. The number of methoxy groups -OCH3 is 1. The van der Waals surface area contributed by atoms with E-state index < -0.39 is 10.5 Å². The normalized spacial score (nSPS) is 17.5. The second-order valence-corrected chi connectivity index (χ2v) is 6.70. The van der Waals surface area contributed by atoms with Crippen molar-refractivity contribution in [2.45, 2.75) is 38.8 Å². The van der Waals surface area contributed by atoms with E-state index in [1.54, 1.807) is 17.0 Å². The van der Waals surface area contributed by atoms with Gasteiger partial charge in [-0.15, -0.1) is 0 Å². The smallest absolute Gasteiger partial charge is 0.410 e. The summed E-state index contributed by atoms with van der Waals surface area (Å²) >= 11 is 0. The molecule has 0 radical (unpaired) electrons. The van der Waals surface area contributed by atoms with Crippen molar-refractivity contribution >= 4 is 17.5 Å². The lowest BCUT2D eigenvalue weighted by Gasteiger charge is -2.24. The number of nitro groups is 1. The van der Waals surface area contributed by atoms with Crippen LogP contribution < -0.4 is 10.1 Å². The fourth-order valence-electron chi connectivity index (χ4n) is 2.52. The van der Waals surface area contributed by atoms with Crippen molar-refractivity contribution in [1.82, 2.24) is 4.90 Å². The van der Waals surface area contributed by atoms with E-state index in [0.717, 1.165) is 6.42 Å². The van der Waals surface area contributed by atoms with Crippen LogP contribution in [0.25, 0.3) is 0 Å². The Balaban J connectivity index is 1.98. The monoisotopic (exact) mass is 337 g/mol. The van der Waals surface area contributed by atoms with Crippen LogP contribution in [0.15, 0.2) is 18.2 Å². The van der Waals surface area contributed by atoms with Gasteiger partial charge in [-0.05, 0) is 33.3 Å². The molecule has 1 aromatic carbocycles. The molecule has 0 saturated carbocycles. The quantitative estimate of drug-likeness (QED) is 0.670. The Morgan fingerprint density at radius 3 is 2.71 bits per heavy atom. The molecule has 1 aromatic rings. The Bertz CT molecular complexity index is 627. The summed E-state index contributed by atoms with van der Waals surface area (Å²) in [5.74, 6) is 0.201. The number of carbonyl (C=O) groups is 1. The van der Waals surface area contributed by atoms with Gasteiger partial charge in [-0.25, -0.2) is 4.79 Å². The van der Waals surface area contributed by atoms with E-state index in [9.17, 15) is 14.9 Å². The highest BCUT2D eigenvalue weighted by atomic mass is 16.6. The van der Waals surface area contributed by atoms with Gasteiger partial charge in [-0.2, -0.15) is 0 Å². The average Bonchev–Trinajstić information content (AvgIpc) is 2.93. The van der Waals surface area contributed by atoms with E-state index in [1.165, 1.54) is 13.2 Å². The maximum Gasteiger partial charge on any atom is 0.410 e. The number of nitrogens with zero attached hydrogens (tertiary/aromatic N) is 2. The molecule has 1 heterocycles. The second-order valence-electron chi connectivity index (χ2n) is 6.70. The number of amides is 1. The molecule has 132 valence electrons. The second kappa shape index (κ2) is 6.94. The Morgan fingerprint density at radius 2 is 2.12 bits per heavy atom. The van der Waals surface area contributed by atoms with Gasteiger partial charge in [0.15, 0.2) is 5.75 Å². The Morgan fingerprint density at radius 1 is 1.42 bits per heavy atom. The minimum absolute atomic E-state index is 0.0590. The number of benzene rings is 1.